The largest absolute Gasteiger partial charge is 0.495 e. The Bertz CT molecular complexity index is 921. The first-order valence-corrected chi connectivity index (χ1v) is 9.23. The number of carbonyl (C=O) groups excluding carboxylic acids is 1. The molecule has 1 heterocycles. The average molecular weight is 367 g/mol. The van der Waals surface area contributed by atoms with Crippen LogP contribution in [-0.4, -0.2) is 28.3 Å². The van der Waals surface area contributed by atoms with Crippen molar-refractivity contribution in [2.24, 2.45) is 0 Å². The van der Waals surface area contributed by atoms with E-state index in [4.69, 9.17) is 4.74 Å². The second kappa shape index (κ2) is 8.10. The number of nitrogens with zero attached hydrogens (tertiary/aromatic N) is 2. The van der Waals surface area contributed by atoms with Crippen LogP contribution in [0.2, 0.25) is 0 Å². The molecule has 1 amide bonds. The van der Waals surface area contributed by atoms with Gasteiger partial charge >= 0.3 is 0 Å². The van der Waals surface area contributed by atoms with Crippen LogP contribution in [0.5, 0.6) is 5.75 Å². The second-order valence-electron chi connectivity index (χ2n) is 5.91. The number of hydrogen-bond acceptors (Lipinski definition) is 4. The number of aromatic nitrogens is 2. The van der Waals surface area contributed by atoms with Crippen molar-refractivity contribution >= 4 is 23.4 Å². The highest BCUT2D eigenvalue weighted by atomic mass is 32.2. The van der Waals surface area contributed by atoms with Crippen molar-refractivity contribution in [3.8, 4) is 11.4 Å². The van der Waals surface area contributed by atoms with E-state index in [1.54, 1.807) is 13.3 Å². The van der Waals surface area contributed by atoms with Gasteiger partial charge in [-0.25, -0.2) is 4.98 Å². The molecule has 0 aliphatic carbocycles. The number of hydrogen-bond donors (Lipinski definition) is 1. The maximum atomic E-state index is 12.3. The molecule has 26 heavy (non-hydrogen) atoms. The van der Waals surface area contributed by atoms with Gasteiger partial charge in [-0.15, -0.1) is 0 Å². The summed E-state index contributed by atoms with van der Waals surface area (Å²) in [5.41, 5.74) is 4.09. The van der Waals surface area contributed by atoms with E-state index >= 15 is 0 Å². The fourth-order valence-electron chi connectivity index (χ4n) is 2.62. The lowest BCUT2D eigenvalue weighted by Gasteiger charge is -2.12. The van der Waals surface area contributed by atoms with Gasteiger partial charge in [-0.05, 0) is 43.2 Å². The van der Waals surface area contributed by atoms with Gasteiger partial charge < -0.3 is 10.1 Å². The summed E-state index contributed by atoms with van der Waals surface area (Å²) in [7, 11) is 1.58. The van der Waals surface area contributed by atoms with Crippen molar-refractivity contribution in [3.63, 3.8) is 0 Å². The van der Waals surface area contributed by atoms with Crippen molar-refractivity contribution < 1.29 is 9.53 Å². The highest BCUT2D eigenvalue weighted by molar-refractivity contribution is 7.99. The van der Waals surface area contributed by atoms with Gasteiger partial charge in [0.2, 0.25) is 5.91 Å². The Hall–Kier alpha value is -2.73. The predicted molar refractivity (Wildman–Crippen MR) is 105 cm³/mol. The van der Waals surface area contributed by atoms with Gasteiger partial charge in [-0.1, -0.05) is 36.0 Å². The molecule has 0 aliphatic rings. The molecule has 0 atom stereocenters. The zero-order chi connectivity index (χ0) is 18.5. The standard InChI is InChI=1S/C20H21N3O2S/c1-14-8-9-15(2)17(12-14)23-11-10-21-20(23)26-13-19(24)22-16-6-4-5-7-18(16)25-3/h4-12H,13H2,1-3H3,(H,22,24). The van der Waals surface area contributed by atoms with Gasteiger partial charge in [-0.2, -0.15) is 0 Å². The van der Waals surface area contributed by atoms with Crippen molar-refractivity contribution in [2.75, 3.05) is 18.2 Å². The molecule has 0 radical (unpaired) electrons. The summed E-state index contributed by atoms with van der Waals surface area (Å²) >= 11 is 1.40. The number of rotatable bonds is 6. The Morgan fingerprint density at radius 1 is 1.23 bits per heavy atom. The molecule has 0 bridgehead atoms. The third-order valence-electron chi connectivity index (χ3n) is 3.94. The summed E-state index contributed by atoms with van der Waals surface area (Å²) in [4.78, 5) is 16.7. The van der Waals surface area contributed by atoms with Crippen LogP contribution in [0, 0.1) is 13.8 Å². The van der Waals surface area contributed by atoms with E-state index in [1.165, 1.54) is 17.3 Å². The molecule has 0 unspecified atom stereocenters. The zero-order valence-electron chi connectivity index (χ0n) is 15.0. The molecule has 0 fully saturated rings. The number of carbonyl (C=O) groups is 1. The summed E-state index contributed by atoms with van der Waals surface area (Å²) in [6.07, 6.45) is 3.67. The molecule has 2 aromatic carbocycles. The average Bonchev–Trinajstić information content (AvgIpc) is 3.11. The lowest BCUT2D eigenvalue weighted by atomic mass is 10.1. The molecule has 0 spiro atoms. The molecule has 1 N–H and O–H groups in total. The van der Waals surface area contributed by atoms with E-state index in [9.17, 15) is 4.79 Å². The molecule has 5 nitrogen and oxygen atoms in total. The van der Waals surface area contributed by atoms with Gasteiger partial charge in [-0.3, -0.25) is 9.36 Å². The van der Waals surface area contributed by atoms with E-state index in [0.717, 1.165) is 16.4 Å². The van der Waals surface area contributed by atoms with Crippen LogP contribution in [-0.2, 0) is 4.79 Å². The van der Waals surface area contributed by atoms with Crippen LogP contribution >= 0.6 is 11.8 Å². The van der Waals surface area contributed by atoms with Crippen LogP contribution in [0.3, 0.4) is 0 Å². The Balaban J connectivity index is 1.70. The Morgan fingerprint density at radius 3 is 2.85 bits per heavy atom. The van der Waals surface area contributed by atoms with Crippen molar-refractivity contribution in [1.29, 1.82) is 0 Å². The normalized spacial score (nSPS) is 10.6. The summed E-state index contributed by atoms with van der Waals surface area (Å²) in [6.45, 7) is 4.13. The topological polar surface area (TPSA) is 56.1 Å². The SMILES string of the molecule is COc1ccccc1NC(=O)CSc1nccn1-c1cc(C)ccc1C. The molecular weight excluding hydrogens is 346 g/mol. The second-order valence-corrected chi connectivity index (χ2v) is 6.85. The van der Waals surface area contributed by atoms with Crippen LogP contribution in [0.4, 0.5) is 5.69 Å². The maximum Gasteiger partial charge on any atom is 0.234 e. The fourth-order valence-corrected chi connectivity index (χ4v) is 3.39. The lowest BCUT2D eigenvalue weighted by Crippen LogP contribution is -2.15. The molecular formula is C20H21N3O2S. The van der Waals surface area contributed by atoms with E-state index < -0.39 is 0 Å². The molecule has 134 valence electrons. The molecule has 0 saturated carbocycles. The maximum absolute atomic E-state index is 12.3. The number of benzene rings is 2. The number of amides is 1. The lowest BCUT2D eigenvalue weighted by molar-refractivity contribution is -0.113. The van der Waals surface area contributed by atoms with Gasteiger partial charge in [0.1, 0.15) is 5.75 Å². The Labute approximate surface area is 157 Å². The first-order valence-electron chi connectivity index (χ1n) is 8.25. The molecule has 6 heteroatoms. The summed E-state index contributed by atoms with van der Waals surface area (Å²) in [5.74, 6) is 0.803. The summed E-state index contributed by atoms with van der Waals surface area (Å²) in [5, 5.41) is 3.67. The van der Waals surface area contributed by atoms with Gasteiger partial charge in [0.15, 0.2) is 5.16 Å². The van der Waals surface area contributed by atoms with E-state index in [0.29, 0.717) is 11.4 Å². The van der Waals surface area contributed by atoms with Crippen molar-refractivity contribution in [2.45, 2.75) is 19.0 Å². The minimum absolute atomic E-state index is 0.102. The van der Waals surface area contributed by atoms with Crippen molar-refractivity contribution in [3.05, 3.63) is 66.0 Å². The Kier molecular flexibility index (Phi) is 5.63. The number of aryl methyl sites for hydroxylation is 2. The van der Waals surface area contributed by atoms with Crippen molar-refractivity contribution in [1.82, 2.24) is 9.55 Å². The van der Waals surface area contributed by atoms with Crippen LogP contribution in [0.25, 0.3) is 5.69 Å². The molecule has 1 aromatic heterocycles. The quantitative estimate of drug-likeness (QED) is 0.663. The van der Waals surface area contributed by atoms with Gasteiger partial charge in [0.25, 0.3) is 0 Å². The zero-order valence-corrected chi connectivity index (χ0v) is 15.8. The van der Waals surface area contributed by atoms with Gasteiger partial charge in [0.05, 0.1) is 24.2 Å². The smallest absolute Gasteiger partial charge is 0.234 e. The number of anilines is 1. The predicted octanol–water partition coefficient (Wildman–Crippen LogP) is 4.23. The van der Waals surface area contributed by atoms with E-state index in [2.05, 4.69) is 42.3 Å². The van der Waals surface area contributed by atoms with E-state index in [1.807, 2.05) is 35.0 Å². The minimum Gasteiger partial charge on any atom is -0.495 e. The summed E-state index contributed by atoms with van der Waals surface area (Å²) < 4.78 is 7.28. The number of nitrogens with one attached hydrogen (secondary N) is 1. The monoisotopic (exact) mass is 367 g/mol. The number of methoxy groups -OCH3 is 1. The highest BCUT2D eigenvalue weighted by Gasteiger charge is 2.12. The fraction of sp³-hybridized carbons (Fsp3) is 0.200. The van der Waals surface area contributed by atoms with Gasteiger partial charge in [0, 0.05) is 12.4 Å². The number of para-hydroxylation sites is 2. The number of thioether (sulfide) groups is 1. The molecule has 3 aromatic rings. The molecule has 0 saturated heterocycles. The highest BCUT2D eigenvalue weighted by Crippen LogP contribution is 2.25. The Morgan fingerprint density at radius 2 is 2.04 bits per heavy atom. The third-order valence-corrected chi connectivity index (χ3v) is 4.91. The van der Waals surface area contributed by atoms with E-state index in [-0.39, 0.29) is 11.7 Å². The first kappa shape index (κ1) is 18.1. The van der Waals surface area contributed by atoms with Crippen LogP contribution in [0.15, 0.2) is 60.0 Å². The number of imidazole rings is 1. The number of ether oxygens (including phenoxy) is 1. The summed E-state index contributed by atoms with van der Waals surface area (Å²) in [6, 6.07) is 13.7. The van der Waals surface area contributed by atoms with Crippen LogP contribution in [0.1, 0.15) is 11.1 Å². The first-order chi connectivity index (χ1) is 12.6. The van der Waals surface area contributed by atoms with Crippen LogP contribution < -0.4 is 10.1 Å². The minimum atomic E-state index is -0.102. The third kappa shape index (κ3) is 4.08. The molecule has 3 rings (SSSR count). The molecule has 0 aliphatic heterocycles.